The molecule has 0 amide bonds. The Bertz CT molecular complexity index is 485. The molecule has 0 radical (unpaired) electrons. The highest BCUT2D eigenvalue weighted by Gasteiger charge is 2.20. The highest BCUT2D eigenvalue weighted by molar-refractivity contribution is 7.99. The molecule has 0 aromatic carbocycles. The third-order valence-corrected chi connectivity index (χ3v) is 3.71. The predicted octanol–water partition coefficient (Wildman–Crippen LogP) is 2.15. The Kier molecular flexibility index (Phi) is 5.40. The second-order valence-electron chi connectivity index (χ2n) is 3.90. The second kappa shape index (κ2) is 6.58. The zero-order valence-electron chi connectivity index (χ0n) is 11.1. The van der Waals surface area contributed by atoms with Gasteiger partial charge in [0.15, 0.2) is 0 Å². The van der Waals surface area contributed by atoms with Gasteiger partial charge in [-0.3, -0.25) is 0 Å². The first-order valence-corrected chi connectivity index (χ1v) is 6.82. The van der Waals surface area contributed by atoms with E-state index in [9.17, 15) is 9.59 Å². The van der Waals surface area contributed by atoms with E-state index in [0.717, 1.165) is 6.42 Å². The number of nitrogens with zero attached hydrogens (tertiary/aromatic N) is 1. The van der Waals surface area contributed by atoms with E-state index in [1.54, 1.807) is 13.8 Å². The largest absolute Gasteiger partial charge is 0.462 e. The van der Waals surface area contributed by atoms with Crippen LogP contribution in [0.5, 0.6) is 0 Å². The third-order valence-electron chi connectivity index (χ3n) is 2.45. The van der Waals surface area contributed by atoms with Crippen molar-refractivity contribution in [3.8, 4) is 0 Å². The molecule has 0 saturated carbocycles. The molecule has 1 aromatic rings. The molecule has 6 heteroatoms. The van der Waals surface area contributed by atoms with Crippen LogP contribution < -0.4 is 5.69 Å². The van der Waals surface area contributed by atoms with Gasteiger partial charge in [0.25, 0.3) is 0 Å². The topological polar surface area (TPSA) is 72.0 Å². The Morgan fingerprint density at radius 1 is 1.50 bits per heavy atom. The number of aromatic nitrogens is 2. The molecular formula is C12H18N2O3S. The Balaban J connectivity index is 3.20. The molecule has 18 heavy (non-hydrogen) atoms. The van der Waals surface area contributed by atoms with Crippen LogP contribution in [-0.4, -0.2) is 27.8 Å². The highest BCUT2D eigenvalue weighted by atomic mass is 32.2. The Hall–Kier alpha value is -1.30. The summed E-state index contributed by atoms with van der Waals surface area (Å²) in [6.45, 7) is 7.79. The van der Waals surface area contributed by atoms with Gasteiger partial charge in [0.2, 0.25) is 0 Å². The van der Waals surface area contributed by atoms with Crippen molar-refractivity contribution in [2.75, 3.05) is 6.61 Å². The normalized spacial score (nSPS) is 12.2. The number of aromatic amines is 1. The lowest BCUT2D eigenvalue weighted by Gasteiger charge is -2.12. The molecule has 0 aliphatic carbocycles. The van der Waals surface area contributed by atoms with Gasteiger partial charge >= 0.3 is 11.7 Å². The maximum absolute atomic E-state index is 11.9. The number of carbonyl (C=O) groups excluding carboxylic acids is 1. The van der Waals surface area contributed by atoms with Crippen LogP contribution >= 0.6 is 11.8 Å². The number of nitrogens with one attached hydrogen (secondary N) is 1. The average molecular weight is 270 g/mol. The fourth-order valence-corrected chi connectivity index (χ4v) is 2.40. The zero-order valence-corrected chi connectivity index (χ0v) is 11.9. The molecule has 1 rings (SSSR count). The second-order valence-corrected chi connectivity index (χ2v) is 5.33. The van der Waals surface area contributed by atoms with Gasteiger partial charge in [-0.15, -0.1) is 11.8 Å². The minimum atomic E-state index is -0.440. The summed E-state index contributed by atoms with van der Waals surface area (Å²) < 4.78 is 4.99. The van der Waals surface area contributed by atoms with Gasteiger partial charge in [-0.25, -0.2) is 9.59 Å². The standard InChI is InChI=1S/C12H18N2O3S/c1-5-7(3)18-10-9(11(15)17-6-2)8(4)13-12(16)14-10/h7H,5-6H2,1-4H3,(H,13,14,16). The third kappa shape index (κ3) is 3.60. The Labute approximate surface area is 110 Å². The number of hydrogen-bond acceptors (Lipinski definition) is 5. The van der Waals surface area contributed by atoms with Crippen LogP contribution in [0.4, 0.5) is 0 Å². The number of carbonyl (C=O) groups is 1. The molecule has 0 fully saturated rings. The van der Waals surface area contributed by atoms with Gasteiger partial charge < -0.3 is 9.72 Å². The van der Waals surface area contributed by atoms with Crippen molar-refractivity contribution >= 4 is 17.7 Å². The molecule has 1 atom stereocenters. The summed E-state index contributed by atoms with van der Waals surface area (Å²) in [5, 5.41) is 0.732. The van der Waals surface area contributed by atoms with Crippen LogP contribution in [0.3, 0.4) is 0 Å². The highest BCUT2D eigenvalue weighted by Crippen LogP contribution is 2.27. The van der Waals surface area contributed by atoms with Crippen LogP contribution in [0.25, 0.3) is 0 Å². The predicted molar refractivity (Wildman–Crippen MR) is 71.2 cm³/mol. The number of esters is 1. The average Bonchev–Trinajstić information content (AvgIpc) is 2.28. The summed E-state index contributed by atoms with van der Waals surface area (Å²) in [4.78, 5) is 29.7. The maximum atomic E-state index is 11.9. The molecule has 0 aliphatic heterocycles. The van der Waals surface area contributed by atoms with E-state index in [0.29, 0.717) is 22.9 Å². The minimum absolute atomic E-state index is 0.284. The summed E-state index contributed by atoms with van der Waals surface area (Å²) in [5.74, 6) is -0.440. The Morgan fingerprint density at radius 2 is 2.17 bits per heavy atom. The van der Waals surface area contributed by atoms with E-state index < -0.39 is 11.7 Å². The van der Waals surface area contributed by atoms with Crippen LogP contribution in [0, 0.1) is 6.92 Å². The van der Waals surface area contributed by atoms with E-state index in [1.165, 1.54) is 11.8 Å². The van der Waals surface area contributed by atoms with Crippen LogP contribution in [0.2, 0.25) is 0 Å². The molecule has 0 spiro atoms. The first-order chi connectivity index (χ1) is 8.49. The van der Waals surface area contributed by atoms with E-state index in [2.05, 4.69) is 9.97 Å². The summed E-state index contributed by atoms with van der Waals surface area (Å²) >= 11 is 1.42. The van der Waals surface area contributed by atoms with Crippen molar-refractivity contribution < 1.29 is 9.53 Å². The molecular weight excluding hydrogens is 252 g/mol. The van der Waals surface area contributed by atoms with Gasteiger partial charge in [0, 0.05) is 10.9 Å². The zero-order chi connectivity index (χ0) is 13.7. The van der Waals surface area contributed by atoms with Gasteiger partial charge in [-0.2, -0.15) is 4.98 Å². The summed E-state index contributed by atoms with van der Waals surface area (Å²) in [5.41, 5.74) is 0.423. The molecule has 5 nitrogen and oxygen atoms in total. The van der Waals surface area contributed by atoms with Crippen molar-refractivity contribution in [1.29, 1.82) is 0 Å². The van der Waals surface area contributed by atoms with E-state index in [4.69, 9.17) is 4.74 Å². The first kappa shape index (κ1) is 14.8. The molecule has 0 bridgehead atoms. The SMILES string of the molecule is CCOC(=O)c1c(SC(C)CC)nc(=O)[nH]c1C. The number of hydrogen-bond donors (Lipinski definition) is 1. The summed E-state index contributed by atoms with van der Waals surface area (Å²) in [6, 6.07) is 0. The van der Waals surface area contributed by atoms with Crippen LogP contribution in [0.1, 0.15) is 43.2 Å². The number of aryl methyl sites for hydroxylation is 1. The molecule has 0 aliphatic rings. The van der Waals surface area contributed by atoms with Crippen molar-refractivity contribution in [3.63, 3.8) is 0 Å². The molecule has 1 aromatic heterocycles. The number of H-pyrrole nitrogens is 1. The van der Waals surface area contributed by atoms with E-state index in [1.807, 2.05) is 13.8 Å². The van der Waals surface area contributed by atoms with Gasteiger partial charge in [0.1, 0.15) is 10.6 Å². The van der Waals surface area contributed by atoms with Crippen molar-refractivity contribution in [1.82, 2.24) is 9.97 Å². The van der Waals surface area contributed by atoms with Crippen LogP contribution in [0.15, 0.2) is 9.82 Å². The van der Waals surface area contributed by atoms with Gasteiger partial charge in [-0.1, -0.05) is 13.8 Å². The fraction of sp³-hybridized carbons (Fsp3) is 0.583. The molecule has 1 heterocycles. The Morgan fingerprint density at radius 3 is 2.72 bits per heavy atom. The number of rotatable bonds is 5. The lowest BCUT2D eigenvalue weighted by molar-refractivity contribution is 0.0519. The van der Waals surface area contributed by atoms with Gasteiger partial charge in [-0.05, 0) is 20.3 Å². The fourth-order valence-electron chi connectivity index (χ4n) is 1.36. The summed E-state index contributed by atoms with van der Waals surface area (Å²) in [6.07, 6.45) is 0.931. The number of thioether (sulfide) groups is 1. The monoisotopic (exact) mass is 270 g/mol. The van der Waals surface area contributed by atoms with E-state index >= 15 is 0 Å². The smallest absolute Gasteiger partial charge is 0.346 e. The lowest BCUT2D eigenvalue weighted by atomic mass is 10.2. The summed E-state index contributed by atoms with van der Waals surface area (Å²) in [7, 11) is 0. The molecule has 0 saturated heterocycles. The number of ether oxygens (including phenoxy) is 1. The molecule has 1 unspecified atom stereocenters. The quantitative estimate of drug-likeness (QED) is 0.504. The minimum Gasteiger partial charge on any atom is -0.462 e. The molecule has 1 N–H and O–H groups in total. The van der Waals surface area contributed by atoms with Crippen molar-refractivity contribution in [2.24, 2.45) is 0 Å². The first-order valence-electron chi connectivity index (χ1n) is 5.94. The van der Waals surface area contributed by atoms with Crippen molar-refractivity contribution in [3.05, 3.63) is 21.7 Å². The lowest BCUT2D eigenvalue weighted by Crippen LogP contribution is -2.20. The maximum Gasteiger partial charge on any atom is 0.346 e. The van der Waals surface area contributed by atoms with E-state index in [-0.39, 0.29) is 5.25 Å². The molecule has 100 valence electrons. The van der Waals surface area contributed by atoms with Gasteiger partial charge in [0.05, 0.1) is 6.61 Å². The van der Waals surface area contributed by atoms with Crippen molar-refractivity contribution in [2.45, 2.75) is 44.4 Å². The van der Waals surface area contributed by atoms with Crippen LogP contribution in [-0.2, 0) is 4.74 Å².